The Kier molecular flexibility index (Phi) is 3.96. The van der Waals surface area contributed by atoms with Crippen LogP contribution in [0.2, 0.25) is 0 Å². The van der Waals surface area contributed by atoms with Gasteiger partial charge in [0.05, 0.1) is 11.8 Å². The number of carbonyl (C=O) groups is 1. The van der Waals surface area contributed by atoms with Crippen LogP contribution in [-0.2, 0) is 0 Å². The van der Waals surface area contributed by atoms with Crippen LogP contribution in [0.25, 0.3) is 0 Å². The topological polar surface area (TPSA) is 36.7 Å². The Labute approximate surface area is 130 Å². The molecule has 4 nitrogen and oxygen atoms in total. The molecule has 0 aliphatic carbocycles. The number of furan rings is 1. The van der Waals surface area contributed by atoms with E-state index in [-0.39, 0.29) is 11.7 Å². The SMILES string of the molecule is O=C(c1ccoc1Br)N1CCN(c2ccc(F)cc2)CC1. The maximum absolute atomic E-state index is 12.9. The number of amides is 1. The molecule has 2 heterocycles. The van der Waals surface area contributed by atoms with Crippen LogP contribution < -0.4 is 4.90 Å². The van der Waals surface area contributed by atoms with Gasteiger partial charge in [0, 0.05) is 31.9 Å². The van der Waals surface area contributed by atoms with E-state index in [1.165, 1.54) is 18.4 Å². The minimum atomic E-state index is -0.239. The Balaban J connectivity index is 1.64. The molecule has 0 bridgehead atoms. The summed E-state index contributed by atoms with van der Waals surface area (Å²) in [5, 5.41) is 0. The molecule has 0 unspecified atom stereocenters. The van der Waals surface area contributed by atoms with Crippen molar-refractivity contribution >= 4 is 27.5 Å². The first-order chi connectivity index (χ1) is 10.1. The molecule has 1 aromatic heterocycles. The molecule has 6 heteroatoms. The van der Waals surface area contributed by atoms with Crippen LogP contribution in [0.4, 0.5) is 10.1 Å². The summed E-state index contributed by atoms with van der Waals surface area (Å²) >= 11 is 3.23. The Morgan fingerprint density at radius 1 is 1.10 bits per heavy atom. The molecule has 0 N–H and O–H groups in total. The van der Waals surface area contributed by atoms with Gasteiger partial charge in [-0.25, -0.2) is 4.39 Å². The first kappa shape index (κ1) is 14.1. The van der Waals surface area contributed by atoms with E-state index in [0.717, 1.165) is 18.8 Å². The number of hydrogen-bond donors (Lipinski definition) is 0. The average molecular weight is 353 g/mol. The fraction of sp³-hybridized carbons (Fsp3) is 0.267. The van der Waals surface area contributed by atoms with Gasteiger partial charge in [-0.2, -0.15) is 0 Å². The van der Waals surface area contributed by atoms with Crippen molar-refractivity contribution in [2.75, 3.05) is 31.1 Å². The van der Waals surface area contributed by atoms with Crippen molar-refractivity contribution in [3.05, 3.63) is 52.6 Å². The van der Waals surface area contributed by atoms with Crippen molar-refractivity contribution in [3.8, 4) is 0 Å². The monoisotopic (exact) mass is 352 g/mol. The lowest BCUT2D eigenvalue weighted by molar-refractivity contribution is 0.0745. The number of piperazine rings is 1. The first-order valence-corrected chi connectivity index (χ1v) is 7.47. The van der Waals surface area contributed by atoms with Crippen LogP contribution in [0.15, 0.2) is 45.7 Å². The lowest BCUT2D eigenvalue weighted by Gasteiger charge is -2.36. The largest absolute Gasteiger partial charge is 0.457 e. The molecule has 1 aliphatic rings. The van der Waals surface area contributed by atoms with Crippen LogP contribution in [0.5, 0.6) is 0 Å². The molecular weight excluding hydrogens is 339 g/mol. The normalized spacial score (nSPS) is 15.3. The highest BCUT2D eigenvalue weighted by Gasteiger charge is 2.24. The number of rotatable bonds is 2. The number of nitrogens with zero attached hydrogens (tertiary/aromatic N) is 2. The molecule has 0 spiro atoms. The van der Waals surface area contributed by atoms with Crippen LogP contribution in [-0.4, -0.2) is 37.0 Å². The van der Waals surface area contributed by atoms with E-state index in [1.54, 1.807) is 23.1 Å². The molecule has 0 saturated carbocycles. The maximum Gasteiger partial charge on any atom is 0.258 e. The summed E-state index contributed by atoms with van der Waals surface area (Å²) in [6.07, 6.45) is 1.49. The first-order valence-electron chi connectivity index (χ1n) is 6.68. The zero-order chi connectivity index (χ0) is 14.8. The Bertz CT molecular complexity index is 633. The van der Waals surface area contributed by atoms with Crippen molar-refractivity contribution < 1.29 is 13.6 Å². The molecule has 3 rings (SSSR count). The quantitative estimate of drug-likeness (QED) is 0.832. The number of carbonyl (C=O) groups excluding carboxylic acids is 1. The number of anilines is 1. The van der Waals surface area contributed by atoms with Crippen molar-refractivity contribution in [1.29, 1.82) is 0 Å². The highest BCUT2D eigenvalue weighted by Crippen LogP contribution is 2.21. The predicted molar refractivity (Wildman–Crippen MR) is 80.9 cm³/mol. The summed E-state index contributed by atoms with van der Waals surface area (Å²) in [7, 11) is 0. The van der Waals surface area contributed by atoms with Gasteiger partial charge in [-0.3, -0.25) is 4.79 Å². The second-order valence-corrected chi connectivity index (χ2v) is 5.58. The highest BCUT2D eigenvalue weighted by atomic mass is 79.9. The van der Waals surface area contributed by atoms with Crippen molar-refractivity contribution in [2.45, 2.75) is 0 Å². The second-order valence-electron chi connectivity index (χ2n) is 4.86. The molecule has 1 aromatic carbocycles. The summed E-state index contributed by atoms with van der Waals surface area (Å²) in [4.78, 5) is 16.3. The Hall–Kier alpha value is -1.82. The number of benzene rings is 1. The molecule has 1 saturated heterocycles. The van der Waals surface area contributed by atoms with Gasteiger partial charge >= 0.3 is 0 Å². The average Bonchev–Trinajstić information content (AvgIpc) is 2.94. The van der Waals surface area contributed by atoms with Gasteiger partial charge in [0.2, 0.25) is 0 Å². The standard InChI is InChI=1S/C15H14BrFN2O2/c16-14-13(5-10-21-14)15(20)19-8-6-18(7-9-19)12-3-1-11(17)2-4-12/h1-5,10H,6-9H2. The Morgan fingerprint density at radius 3 is 2.33 bits per heavy atom. The summed E-state index contributed by atoms with van der Waals surface area (Å²) in [5.41, 5.74) is 1.53. The van der Waals surface area contributed by atoms with E-state index in [1.807, 2.05) is 0 Å². The fourth-order valence-electron chi connectivity index (χ4n) is 2.44. The van der Waals surface area contributed by atoms with Gasteiger partial charge in [-0.1, -0.05) is 0 Å². The van der Waals surface area contributed by atoms with Crippen LogP contribution in [0, 0.1) is 5.82 Å². The van der Waals surface area contributed by atoms with Gasteiger partial charge < -0.3 is 14.2 Å². The third-order valence-corrected chi connectivity index (χ3v) is 4.22. The molecule has 0 radical (unpaired) electrons. The minimum absolute atomic E-state index is 0.0330. The van der Waals surface area contributed by atoms with Gasteiger partial charge in [0.1, 0.15) is 5.82 Å². The maximum atomic E-state index is 12.9. The number of hydrogen-bond acceptors (Lipinski definition) is 3. The van der Waals surface area contributed by atoms with E-state index in [0.29, 0.717) is 23.3 Å². The highest BCUT2D eigenvalue weighted by molar-refractivity contribution is 9.10. The van der Waals surface area contributed by atoms with E-state index in [4.69, 9.17) is 4.42 Å². The van der Waals surface area contributed by atoms with Crippen LogP contribution in [0.1, 0.15) is 10.4 Å². The summed E-state index contributed by atoms with van der Waals surface area (Å²) in [6.45, 7) is 2.72. The Morgan fingerprint density at radius 2 is 1.76 bits per heavy atom. The third kappa shape index (κ3) is 2.95. The summed E-state index contributed by atoms with van der Waals surface area (Å²) < 4.78 is 18.5. The predicted octanol–water partition coefficient (Wildman–Crippen LogP) is 3.14. The van der Waals surface area contributed by atoms with E-state index < -0.39 is 0 Å². The molecule has 0 atom stereocenters. The molecule has 1 amide bonds. The zero-order valence-electron chi connectivity index (χ0n) is 11.3. The molecule has 110 valence electrons. The van der Waals surface area contributed by atoms with E-state index in [9.17, 15) is 9.18 Å². The molecule has 1 aliphatic heterocycles. The summed E-state index contributed by atoms with van der Waals surface area (Å²) in [5.74, 6) is -0.272. The second kappa shape index (κ2) is 5.89. The minimum Gasteiger partial charge on any atom is -0.457 e. The summed E-state index contributed by atoms with van der Waals surface area (Å²) in [6, 6.07) is 8.10. The molecular formula is C15H14BrFN2O2. The van der Waals surface area contributed by atoms with Gasteiger partial charge in [0.25, 0.3) is 5.91 Å². The lowest BCUT2D eigenvalue weighted by Crippen LogP contribution is -2.48. The zero-order valence-corrected chi connectivity index (χ0v) is 12.8. The smallest absolute Gasteiger partial charge is 0.258 e. The third-order valence-electron chi connectivity index (χ3n) is 3.61. The van der Waals surface area contributed by atoms with Gasteiger partial charge in [0.15, 0.2) is 4.67 Å². The van der Waals surface area contributed by atoms with Crippen molar-refractivity contribution in [1.82, 2.24) is 4.90 Å². The van der Waals surface area contributed by atoms with Crippen molar-refractivity contribution in [2.24, 2.45) is 0 Å². The van der Waals surface area contributed by atoms with Crippen LogP contribution >= 0.6 is 15.9 Å². The van der Waals surface area contributed by atoms with E-state index >= 15 is 0 Å². The van der Waals surface area contributed by atoms with Gasteiger partial charge in [-0.15, -0.1) is 0 Å². The number of halogens is 2. The molecule has 2 aromatic rings. The van der Waals surface area contributed by atoms with Crippen molar-refractivity contribution in [3.63, 3.8) is 0 Å². The van der Waals surface area contributed by atoms with E-state index in [2.05, 4.69) is 20.8 Å². The van der Waals surface area contributed by atoms with Crippen LogP contribution in [0.3, 0.4) is 0 Å². The molecule has 1 fully saturated rings. The fourth-order valence-corrected chi connectivity index (χ4v) is 2.85. The lowest BCUT2D eigenvalue weighted by atomic mass is 10.2. The molecule has 21 heavy (non-hydrogen) atoms. The van der Waals surface area contributed by atoms with Gasteiger partial charge in [-0.05, 0) is 46.3 Å².